The molecule has 0 saturated heterocycles. The number of imidazole rings is 1. The summed E-state index contributed by atoms with van der Waals surface area (Å²) < 4.78 is 16.0. The first kappa shape index (κ1) is 13.9. The first-order chi connectivity index (χ1) is 10.1. The van der Waals surface area contributed by atoms with E-state index in [-0.39, 0.29) is 11.1 Å². The molecule has 0 aliphatic carbocycles. The highest BCUT2D eigenvalue weighted by atomic mass is 35.5. The zero-order valence-corrected chi connectivity index (χ0v) is 12.5. The lowest BCUT2D eigenvalue weighted by Crippen LogP contribution is -2.13. The predicted molar refractivity (Wildman–Crippen MR) is 84.2 cm³/mol. The van der Waals surface area contributed by atoms with Gasteiger partial charge in [0.15, 0.2) is 5.82 Å². The van der Waals surface area contributed by atoms with E-state index in [9.17, 15) is 4.39 Å². The van der Waals surface area contributed by atoms with Gasteiger partial charge in [0.2, 0.25) is 0 Å². The van der Waals surface area contributed by atoms with Gasteiger partial charge in [-0.2, -0.15) is 0 Å². The molecule has 1 aromatic heterocycles. The quantitative estimate of drug-likeness (QED) is 0.770. The second-order valence-electron chi connectivity index (χ2n) is 4.99. The number of hydrogen-bond donors (Lipinski definition) is 1. The number of anilines is 1. The Morgan fingerprint density at radius 1 is 1.19 bits per heavy atom. The van der Waals surface area contributed by atoms with Crippen LogP contribution in [0.15, 0.2) is 42.5 Å². The Morgan fingerprint density at radius 3 is 2.71 bits per heavy atom. The van der Waals surface area contributed by atoms with Crippen LogP contribution in [-0.2, 0) is 7.05 Å². The van der Waals surface area contributed by atoms with Crippen molar-refractivity contribution >= 4 is 28.3 Å². The molecule has 1 N–H and O–H groups in total. The van der Waals surface area contributed by atoms with Crippen molar-refractivity contribution in [1.82, 2.24) is 9.55 Å². The summed E-state index contributed by atoms with van der Waals surface area (Å²) in [6, 6.07) is 12.7. The molecular formula is C16H15ClFN3. The van der Waals surface area contributed by atoms with Crippen molar-refractivity contribution in [2.75, 3.05) is 5.32 Å². The van der Waals surface area contributed by atoms with E-state index in [0.29, 0.717) is 5.69 Å². The molecule has 1 atom stereocenters. The number of benzene rings is 2. The van der Waals surface area contributed by atoms with Gasteiger partial charge in [-0.25, -0.2) is 9.37 Å². The summed E-state index contributed by atoms with van der Waals surface area (Å²) in [4.78, 5) is 4.61. The van der Waals surface area contributed by atoms with Gasteiger partial charge >= 0.3 is 0 Å². The Balaban J connectivity index is 1.95. The highest BCUT2D eigenvalue weighted by Crippen LogP contribution is 2.27. The van der Waals surface area contributed by atoms with Crippen LogP contribution in [0.5, 0.6) is 0 Å². The third-order valence-corrected chi connectivity index (χ3v) is 3.82. The van der Waals surface area contributed by atoms with Crippen LogP contribution in [0.25, 0.3) is 11.0 Å². The average molecular weight is 304 g/mol. The Kier molecular flexibility index (Phi) is 3.55. The molecule has 1 unspecified atom stereocenters. The molecule has 108 valence electrons. The molecule has 0 bridgehead atoms. The Bertz CT molecular complexity index is 797. The van der Waals surface area contributed by atoms with E-state index in [4.69, 9.17) is 11.6 Å². The molecule has 3 aromatic rings. The van der Waals surface area contributed by atoms with Crippen LogP contribution in [0.1, 0.15) is 18.8 Å². The zero-order chi connectivity index (χ0) is 15.0. The molecule has 0 radical (unpaired) electrons. The van der Waals surface area contributed by atoms with Crippen LogP contribution in [0.4, 0.5) is 10.1 Å². The lowest BCUT2D eigenvalue weighted by molar-refractivity contribution is 0.625. The summed E-state index contributed by atoms with van der Waals surface area (Å²) >= 11 is 5.80. The van der Waals surface area contributed by atoms with Crippen molar-refractivity contribution in [2.24, 2.45) is 7.05 Å². The number of aromatic nitrogens is 2. The van der Waals surface area contributed by atoms with Crippen molar-refractivity contribution in [3.05, 3.63) is 59.1 Å². The number of fused-ring (bicyclic) bond motifs is 1. The maximum atomic E-state index is 14.0. The predicted octanol–water partition coefficient (Wildman–Crippen LogP) is 4.54. The van der Waals surface area contributed by atoms with E-state index in [1.807, 2.05) is 42.8 Å². The van der Waals surface area contributed by atoms with E-state index in [0.717, 1.165) is 16.9 Å². The van der Waals surface area contributed by atoms with Gasteiger partial charge in [-0.3, -0.25) is 0 Å². The van der Waals surface area contributed by atoms with Crippen LogP contribution < -0.4 is 5.32 Å². The van der Waals surface area contributed by atoms with Gasteiger partial charge in [0.1, 0.15) is 5.82 Å². The minimum atomic E-state index is -0.440. The van der Waals surface area contributed by atoms with Crippen molar-refractivity contribution in [1.29, 1.82) is 0 Å². The van der Waals surface area contributed by atoms with E-state index >= 15 is 0 Å². The molecule has 0 amide bonds. The topological polar surface area (TPSA) is 29.9 Å². The zero-order valence-electron chi connectivity index (χ0n) is 11.8. The molecule has 21 heavy (non-hydrogen) atoms. The van der Waals surface area contributed by atoms with Gasteiger partial charge in [-0.05, 0) is 31.2 Å². The van der Waals surface area contributed by atoms with Crippen LogP contribution in [0.3, 0.4) is 0 Å². The molecule has 1 heterocycles. The molecule has 2 aromatic carbocycles. The van der Waals surface area contributed by atoms with Gasteiger partial charge in [-0.1, -0.05) is 29.8 Å². The number of nitrogens with one attached hydrogen (secondary N) is 1. The minimum Gasteiger partial charge on any atom is -0.373 e. The van der Waals surface area contributed by atoms with E-state index in [1.165, 1.54) is 6.07 Å². The van der Waals surface area contributed by atoms with Crippen LogP contribution in [-0.4, -0.2) is 9.55 Å². The number of nitrogens with zero attached hydrogens (tertiary/aromatic N) is 2. The van der Waals surface area contributed by atoms with Crippen molar-refractivity contribution < 1.29 is 4.39 Å². The number of aryl methyl sites for hydroxylation is 1. The fourth-order valence-electron chi connectivity index (χ4n) is 2.46. The number of para-hydroxylation sites is 2. The maximum absolute atomic E-state index is 14.0. The summed E-state index contributed by atoms with van der Waals surface area (Å²) in [6.07, 6.45) is 0. The number of halogens is 2. The minimum absolute atomic E-state index is 0.109. The molecule has 3 rings (SSSR count). The Morgan fingerprint density at radius 2 is 1.95 bits per heavy atom. The van der Waals surface area contributed by atoms with Gasteiger partial charge in [0, 0.05) is 7.05 Å². The van der Waals surface area contributed by atoms with Gasteiger partial charge in [0.05, 0.1) is 27.8 Å². The first-order valence-electron chi connectivity index (χ1n) is 6.70. The monoisotopic (exact) mass is 303 g/mol. The summed E-state index contributed by atoms with van der Waals surface area (Å²) in [6.45, 7) is 1.95. The summed E-state index contributed by atoms with van der Waals surface area (Å²) in [5.74, 6) is 0.403. The number of rotatable bonds is 3. The van der Waals surface area contributed by atoms with E-state index in [1.54, 1.807) is 12.1 Å². The van der Waals surface area contributed by atoms with Crippen LogP contribution in [0, 0.1) is 5.82 Å². The molecule has 0 fully saturated rings. The van der Waals surface area contributed by atoms with Crippen molar-refractivity contribution in [3.63, 3.8) is 0 Å². The number of hydrogen-bond acceptors (Lipinski definition) is 2. The molecule has 0 saturated carbocycles. The third-order valence-electron chi connectivity index (χ3n) is 3.53. The Labute approximate surface area is 127 Å². The SMILES string of the molecule is CC(Nc1cccc(Cl)c1F)c1nc2ccccc2n1C. The molecule has 0 aliphatic heterocycles. The lowest BCUT2D eigenvalue weighted by Gasteiger charge is -2.16. The lowest BCUT2D eigenvalue weighted by atomic mass is 10.2. The molecule has 5 heteroatoms. The van der Waals surface area contributed by atoms with Crippen molar-refractivity contribution in [3.8, 4) is 0 Å². The van der Waals surface area contributed by atoms with Gasteiger partial charge < -0.3 is 9.88 Å². The molecule has 0 aliphatic rings. The van der Waals surface area contributed by atoms with E-state index < -0.39 is 5.82 Å². The first-order valence-corrected chi connectivity index (χ1v) is 7.07. The third kappa shape index (κ3) is 2.47. The highest BCUT2D eigenvalue weighted by Gasteiger charge is 2.16. The summed E-state index contributed by atoms with van der Waals surface area (Å²) in [7, 11) is 1.96. The molecule has 0 spiro atoms. The van der Waals surface area contributed by atoms with Gasteiger partial charge in [0.25, 0.3) is 0 Å². The van der Waals surface area contributed by atoms with Crippen molar-refractivity contribution in [2.45, 2.75) is 13.0 Å². The van der Waals surface area contributed by atoms with Crippen LogP contribution in [0.2, 0.25) is 5.02 Å². The largest absolute Gasteiger partial charge is 0.373 e. The molecular weight excluding hydrogens is 289 g/mol. The second-order valence-corrected chi connectivity index (χ2v) is 5.39. The summed E-state index contributed by atoms with van der Waals surface area (Å²) in [5.41, 5.74) is 2.35. The highest BCUT2D eigenvalue weighted by molar-refractivity contribution is 6.31. The molecule has 3 nitrogen and oxygen atoms in total. The smallest absolute Gasteiger partial charge is 0.164 e. The summed E-state index contributed by atoms with van der Waals surface area (Å²) in [5, 5.41) is 3.23. The van der Waals surface area contributed by atoms with Gasteiger partial charge in [-0.15, -0.1) is 0 Å². The fraction of sp³-hybridized carbons (Fsp3) is 0.188. The van der Waals surface area contributed by atoms with E-state index in [2.05, 4.69) is 10.3 Å². The standard InChI is InChI=1S/C16H15ClFN3/c1-10(19-13-8-5-6-11(17)15(13)18)16-20-12-7-3-4-9-14(12)21(16)2/h3-10,19H,1-2H3. The average Bonchev–Trinajstić information content (AvgIpc) is 2.82. The normalized spacial score (nSPS) is 12.6. The fourth-order valence-corrected chi connectivity index (χ4v) is 2.64. The maximum Gasteiger partial charge on any atom is 0.164 e. The Hall–Kier alpha value is -2.07. The second kappa shape index (κ2) is 5.37. The van der Waals surface area contributed by atoms with Crippen LogP contribution >= 0.6 is 11.6 Å².